The summed E-state index contributed by atoms with van der Waals surface area (Å²) in [4.78, 5) is 25.5. The molecule has 1 heterocycles. The van der Waals surface area contributed by atoms with Crippen molar-refractivity contribution < 1.29 is 14.3 Å². The second kappa shape index (κ2) is 5.37. The maximum absolute atomic E-state index is 12.5. The quantitative estimate of drug-likeness (QED) is 0.837. The molecule has 2 atom stereocenters. The Hall–Kier alpha value is -2.08. The van der Waals surface area contributed by atoms with Gasteiger partial charge in [0.1, 0.15) is 5.75 Å². The zero-order chi connectivity index (χ0) is 15.0. The van der Waals surface area contributed by atoms with Crippen molar-refractivity contribution in [1.29, 1.82) is 0 Å². The minimum atomic E-state index is -0.819. The zero-order valence-electron chi connectivity index (χ0n) is 11.7. The van der Waals surface area contributed by atoms with Crippen LogP contribution in [0.1, 0.15) is 19.3 Å². The Labute approximate surface area is 123 Å². The third-order valence-corrected chi connectivity index (χ3v) is 4.03. The summed E-state index contributed by atoms with van der Waals surface area (Å²) in [5.41, 5.74) is 12.0. The summed E-state index contributed by atoms with van der Waals surface area (Å²) in [7, 11) is 0. The van der Waals surface area contributed by atoms with E-state index in [-0.39, 0.29) is 24.9 Å². The lowest BCUT2D eigenvalue weighted by Gasteiger charge is -2.34. The average Bonchev–Trinajstić information content (AvgIpc) is 3.30. The van der Waals surface area contributed by atoms with Crippen LogP contribution in [-0.2, 0) is 9.59 Å². The molecule has 21 heavy (non-hydrogen) atoms. The van der Waals surface area contributed by atoms with Crippen LogP contribution in [0.15, 0.2) is 24.3 Å². The minimum Gasteiger partial charge on any atom is -0.477 e. The lowest BCUT2D eigenvalue weighted by Crippen LogP contribution is -2.50. The van der Waals surface area contributed by atoms with Crippen molar-refractivity contribution >= 4 is 17.5 Å². The van der Waals surface area contributed by atoms with Crippen molar-refractivity contribution in [3.05, 3.63) is 24.3 Å². The smallest absolute Gasteiger partial charge is 0.260 e. The number of ether oxygens (including phenoxy) is 1. The third kappa shape index (κ3) is 2.85. The molecule has 1 fully saturated rings. The number of carbonyl (C=O) groups is 2. The summed E-state index contributed by atoms with van der Waals surface area (Å²) < 4.78 is 5.54. The number of rotatable bonds is 4. The van der Waals surface area contributed by atoms with E-state index in [4.69, 9.17) is 16.2 Å². The van der Waals surface area contributed by atoms with E-state index in [2.05, 4.69) is 0 Å². The topological polar surface area (TPSA) is 98.7 Å². The van der Waals surface area contributed by atoms with Crippen molar-refractivity contribution in [3.63, 3.8) is 0 Å². The van der Waals surface area contributed by atoms with Gasteiger partial charge >= 0.3 is 0 Å². The lowest BCUT2D eigenvalue weighted by atomic mass is 10.1. The molecule has 2 unspecified atom stereocenters. The van der Waals surface area contributed by atoms with Gasteiger partial charge in [-0.1, -0.05) is 12.1 Å². The van der Waals surface area contributed by atoms with Crippen molar-refractivity contribution in [2.45, 2.75) is 31.4 Å². The second-order valence-corrected chi connectivity index (χ2v) is 5.69. The third-order valence-electron chi connectivity index (χ3n) is 4.03. The molecule has 6 heteroatoms. The second-order valence-electron chi connectivity index (χ2n) is 5.69. The van der Waals surface area contributed by atoms with Gasteiger partial charge in [-0.3, -0.25) is 9.59 Å². The normalized spacial score (nSPS) is 22.1. The number of para-hydroxylation sites is 2. The first-order valence-corrected chi connectivity index (χ1v) is 7.17. The summed E-state index contributed by atoms with van der Waals surface area (Å²) in [6, 6.07) is 7.03. The van der Waals surface area contributed by atoms with E-state index in [0.717, 1.165) is 12.8 Å². The molecule has 0 bridgehead atoms. The molecule has 1 aliphatic heterocycles. The number of fused-ring (bicyclic) bond motifs is 1. The molecule has 3 rings (SSSR count). The van der Waals surface area contributed by atoms with Crippen LogP contribution in [0.4, 0.5) is 5.69 Å². The van der Waals surface area contributed by atoms with Crippen molar-refractivity contribution in [1.82, 2.24) is 0 Å². The number of carbonyl (C=O) groups excluding carboxylic acids is 2. The van der Waals surface area contributed by atoms with Crippen LogP contribution < -0.4 is 21.1 Å². The van der Waals surface area contributed by atoms with E-state index < -0.39 is 12.0 Å². The molecule has 0 saturated heterocycles. The maximum atomic E-state index is 12.5. The molecule has 0 spiro atoms. The van der Waals surface area contributed by atoms with E-state index in [1.165, 1.54) is 0 Å². The van der Waals surface area contributed by atoms with Gasteiger partial charge in [0.05, 0.1) is 12.2 Å². The Morgan fingerprint density at radius 1 is 1.33 bits per heavy atom. The molecule has 2 aliphatic rings. The highest BCUT2D eigenvalue weighted by molar-refractivity contribution is 5.97. The fraction of sp³-hybridized carbons (Fsp3) is 0.467. The van der Waals surface area contributed by atoms with Crippen LogP contribution in [0.2, 0.25) is 0 Å². The fourth-order valence-corrected chi connectivity index (χ4v) is 2.62. The Balaban J connectivity index is 1.81. The van der Waals surface area contributed by atoms with Crippen molar-refractivity contribution in [2.75, 3.05) is 11.4 Å². The molecule has 1 aliphatic carbocycles. The van der Waals surface area contributed by atoms with E-state index in [1.54, 1.807) is 23.1 Å². The molecule has 1 aromatic carbocycles. The minimum absolute atomic E-state index is 0.0867. The van der Waals surface area contributed by atoms with Gasteiger partial charge in [-0.2, -0.15) is 0 Å². The number of anilines is 1. The lowest BCUT2D eigenvalue weighted by molar-refractivity contribution is -0.125. The molecular weight excluding hydrogens is 270 g/mol. The van der Waals surface area contributed by atoms with E-state index in [1.807, 2.05) is 6.07 Å². The first-order valence-electron chi connectivity index (χ1n) is 7.17. The van der Waals surface area contributed by atoms with Gasteiger partial charge in [-0.15, -0.1) is 0 Å². The molecule has 6 nitrogen and oxygen atoms in total. The number of hydrogen-bond donors (Lipinski definition) is 2. The number of nitrogens with two attached hydrogens (primary N) is 2. The van der Waals surface area contributed by atoms with Gasteiger partial charge in [-0.25, -0.2) is 0 Å². The predicted octanol–water partition coefficient (Wildman–Crippen LogP) is 0.393. The predicted molar refractivity (Wildman–Crippen MR) is 77.7 cm³/mol. The van der Waals surface area contributed by atoms with Gasteiger partial charge in [0.2, 0.25) is 5.91 Å². The van der Waals surface area contributed by atoms with Gasteiger partial charge < -0.3 is 21.1 Å². The number of nitrogens with zero attached hydrogens (tertiary/aromatic N) is 1. The number of amides is 2. The zero-order valence-corrected chi connectivity index (χ0v) is 11.7. The van der Waals surface area contributed by atoms with Crippen LogP contribution in [0, 0.1) is 5.92 Å². The summed E-state index contributed by atoms with van der Waals surface area (Å²) in [6.07, 6.45) is 1.65. The summed E-state index contributed by atoms with van der Waals surface area (Å²) in [6.45, 7) is 0.141. The first-order chi connectivity index (χ1) is 10.1. The molecule has 4 N–H and O–H groups in total. The molecule has 2 amide bonds. The Bertz CT molecular complexity index is 571. The molecule has 1 aromatic rings. The fourth-order valence-electron chi connectivity index (χ4n) is 2.62. The van der Waals surface area contributed by atoms with Crippen molar-refractivity contribution in [2.24, 2.45) is 17.4 Å². The number of hydrogen-bond acceptors (Lipinski definition) is 4. The van der Waals surface area contributed by atoms with Crippen molar-refractivity contribution in [3.8, 4) is 5.75 Å². The first kappa shape index (κ1) is 13.9. The van der Waals surface area contributed by atoms with E-state index in [0.29, 0.717) is 17.4 Å². The van der Waals surface area contributed by atoms with Crippen LogP contribution in [-0.4, -0.2) is 30.5 Å². The van der Waals surface area contributed by atoms with Crippen LogP contribution in [0.3, 0.4) is 0 Å². The van der Waals surface area contributed by atoms with Gasteiger partial charge in [0.25, 0.3) is 5.91 Å². The standard InChI is InChI=1S/C15H19N3O3/c16-10(9-5-6-9)7-14(19)18-8-13(15(17)20)21-12-4-2-1-3-11(12)18/h1-4,9-10,13H,5-8,16H2,(H2,17,20). The molecule has 0 aromatic heterocycles. The highest BCUT2D eigenvalue weighted by Gasteiger charge is 2.35. The molecule has 0 radical (unpaired) electrons. The number of benzene rings is 1. The average molecular weight is 289 g/mol. The SMILES string of the molecule is NC(=O)C1CN(C(=O)CC(N)C2CC2)c2ccccc2O1. The monoisotopic (exact) mass is 289 g/mol. The molecule has 1 saturated carbocycles. The van der Waals surface area contributed by atoms with Gasteiger partial charge in [0, 0.05) is 12.5 Å². The molecular formula is C15H19N3O3. The van der Waals surface area contributed by atoms with E-state index >= 15 is 0 Å². The van der Waals surface area contributed by atoms with Gasteiger partial charge in [-0.05, 0) is 30.9 Å². The van der Waals surface area contributed by atoms with E-state index in [9.17, 15) is 9.59 Å². The molecule has 112 valence electrons. The largest absolute Gasteiger partial charge is 0.477 e. The van der Waals surface area contributed by atoms with Crippen LogP contribution in [0.5, 0.6) is 5.75 Å². The summed E-state index contributed by atoms with van der Waals surface area (Å²) >= 11 is 0. The maximum Gasteiger partial charge on any atom is 0.260 e. The number of primary amides is 1. The Morgan fingerprint density at radius 2 is 2.05 bits per heavy atom. The summed E-state index contributed by atoms with van der Waals surface area (Å²) in [5, 5.41) is 0. The van der Waals surface area contributed by atoms with Crippen LogP contribution >= 0.6 is 0 Å². The van der Waals surface area contributed by atoms with Crippen LogP contribution in [0.25, 0.3) is 0 Å². The van der Waals surface area contributed by atoms with Gasteiger partial charge in [0.15, 0.2) is 6.10 Å². The highest BCUT2D eigenvalue weighted by atomic mass is 16.5. The summed E-state index contributed by atoms with van der Waals surface area (Å²) in [5.74, 6) is 0.295. The highest BCUT2D eigenvalue weighted by Crippen LogP contribution is 2.36. The Kier molecular flexibility index (Phi) is 3.55. The Morgan fingerprint density at radius 3 is 2.71 bits per heavy atom.